The van der Waals surface area contributed by atoms with Crippen molar-refractivity contribution in [3.05, 3.63) is 53.8 Å². The number of nitrogens with two attached hydrogens (primary N) is 2. The van der Waals surface area contributed by atoms with Gasteiger partial charge in [-0.15, -0.1) is 0 Å². The maximum atomic E-state index is 7.09. The third-order valence-corrected chi connectivity index (χ3v) is 3.13. The van der Waals surface area contributed by atoms with Gasteiger partial charge in [0, 0.05) is 17.4 Å². The molecular formula is C14H12N6. The highest BCUT2D eigenvalue weighted by atomic mass is 15.2. The second-order valence-corrected chi connectivity index (χ2v) is 4.41. The lowest BCUT2D eigenvalue weighted by atomic mass is 10.0. The molecule has 98 valence electrons. The van der Waals surface area contributed by atoms with Crippen LogP contribution in [-0.2, 0) is 6.54 Å². The van der Waals surface area contributed by atoms with Gasteiger partial charge >= 0.3 is 0 Å². The number of rotatable bonds is 2. The first-order valence-corrected chi connectivity index (χ1v) is 6.00. The number of anilines is 2. The highest BCUT2D eigenvalue weighted by Gasteiger charge is 2.17. The minimum atomic E-state index is 0.266. The van der Waals surface area contributed by atoms with E-state index in [0.29, 0.717) is 11.5 Å². The Morgan fingerprint density at radius 2 is 1.95 bits per heavy atom. The third-order valence-electron chi connectivity index (χ3n) is 3.13. The van der Waals surface area contributed by atoms with Gasteiger partial charge in [-0.2, -0.15) is 5.10 Å². The summed E-state index contributed by atoms with van der Waals surface area (Å²) in [6.45, 7) is 7.36. The summed E-state index contributed by atoms with van der Waals surface area (Å²) in [5, 5.41) is 4.15. The molecule has 0 aliphatic heterocycles. The molecule has 6 heteroatoms. The first kappa shape index (κ1) is 12.0. The summed E-state index contributed by atoms with van der Waals surface area (Å²) in [4.78, 5) is 7.49. The molecule has 2 aromatic heterocycles. The molecule has 0 amide bonds. The van der Waals surface area contributed by atoms with E-state index in [1.54, 1.807) is 4.52 Å². The Kier molecular flexibility index (Phi) is 2.73. The van der Waals surface area contributed by atoms with Gasteiger partial charge in [0.05, 0.1) is 5.56 Å². The standard InChI is InChI=1S/C14H12N6/c1-17-6-10-7-20-13(14(16)18-8-19-20)12(10)9-2-4-11(15)5-3-9/h2-5,7-8H,6,15H2,(H2,16,18,19). The lowest BCUT2D eigenvalue weighted by Crippen LogP contribution is -1.98. The van der Waals surface area contributed by atoms with Crippen LogP contribution < -0.4 is 11.5 Å². The van der Waals surface area contributed by atoms with Crippen LogP contribution in [0.1, 0.15) is 5.56 Å². The lowest BCUT2D eigenvalue weighted by molar-refractivity contribution is 0.903. The number of nitrogens with zero attached hydrogens (tertiary/aromatic N) is 4. The van der Waals surface area contributed by atoms with Crippen LogP contribution in [0.5, 0.6) is 0 Å². The number of aromatic nitrogens is 3. The fourth-order valence-corrected chi connectivity index (χ4v) is 2.26. The van der Waals surface area contributed by atoms with E-state index in [1.807, 2.05) is 30.5 Å². The van der Waals surface area contributed by atoms with E-state index in [9.17, 15) is 0 Å². The summed E-state index contributed by atoms with van der Waals surface area (Å²) >= 11 is 0. The molecular weight excluding hydrogens is 252 g/mol. The summed E-state index contributed by atoms with van der Waals surface area (Å²) in [5.74, 6) is 0.392. The monoisotopic (exact) mass is 264 g/mol. The zero-order valence-corrected chi connectivity index (χ0v) is 10.6. The summed E-state index contributed by atoms with van der Waals surface area (Å²) in [6, 6.07) is 7.45. The molecule has 0 aliphatic carbocycles. The Hall–Kier alpha value is -3.07. The molecule has 0 fully saturated rings. The van der Waals surface area contributed by atoms with Gasteiger partial charge in [0.2, 0.25) is 6.54 Å². The number of benzene rings is 1. The van der Waals surface area contributed by atoms with E-state index >= 15 is 0 Å². The van der Waals surface area contributed by atoms with E-state index in [0.717, 1.165) is 22.2 Å². The largest absolute Gasteiger partial charge is 0.399 e. The van der Waals surface area contributed by atoms with Gasteiger partial charge in [-0.3, -0.25) is 0 Å². The van der Waals surface area contributed by atoms with Crippen molar-refractivity contribution < 1.29 is 0 Å². The second kappa shape index (κ2) is 4.55. The van der Waals surface area contributed by atoms with Crippen molar-refractivity contribution in [2.45, 2.75) is 6.54 Å². The number of hydrogen-bond donors (Lipinski definition) is 2. The average molecular weight is 264 g/mol. The molecule has 20 heavy (non-hydrogen) atoms. The zero-order valence-electron chi connectivity index (χ0n) is 10.6. The van der Waals surface area contributed by atoms with Crippen LogP contribution >= 0.6 is 0 Å². The van der Waals surface area contributed by atoms with Gasteiger partial charge in [-0.1, -0.05) is 12.1 Å². The number of nitrogen functional groups attached to an aromatic ring is 2. The minimum absolute atomic E-state index is 0.266. The van der Waals surface area contributed by atoms with Crippen LogP contribution in [0.3, 0.4) is 0 Å². The summed E-state index contributed by atoms with van der Waals surface area (Å²) in [7, 11) is 0. The predicted molar refractivity (Wildman–Crippen MR) is 77.6 cm³/mol. The van der Waals surface area contributed by atoms with E-state index in [4.69, 9.17) is 18.0 Å². The highest BCUT2D eigenvalue weighted by Crippen LogP contribution is 2.33. The highest BCUT2D eigenvalue weighted by molar-refractivity contribution is 5.90. The number of fused-ring (bicyclic) bond motifs is 1. The van der Waals surface area contributed by atoms with Gasteiger partial charge in [0.15, 0.2) is 5.82 Å². The Morgan fingerprint density at radius 1 is 1.20 bits per heavy atom. The van der Waals surface area contributed by atoms with Crippen LogP contribution in [0.25, 0.3) is 21.5 Å². The molecule has 0 aliphatic rings. The van der Waals surface area contributed by atoms with Gasteiger partial charge in [-0.25, -0.2) is 16.1 Å². The Labute approximate surface area is 115 Å². The van der Waals surface area contributed by atoms with Crippen molar-refractivity contribution in [3.63, 3.8) is 0 Å². The van der Waals surface area contributed by atoms with Crippen LogP contribution in [-0.4, -0.2) is 14.6 Å². The maximum Gasteiger partial charge on any atom is 0.241 e. The molecule has 2 heterocycles. The van der Waals surface area contributed by atoms with Crippen molar-refractivity contribution >= 4 is 17.0 Å². The summed E-state index contributed by atoms with van der Waals surface area (Å²) < 4.78 is 1.66. The van der Waals surface area contributed by atoms with E-state index in [1.165, 1.54) is 6.33 Å². The van der Waals surface area contributed by atoms with Gasteiger partial charge in [0.25, 0.3) is 0 Å². The van der Waals surface area contributed by atoms with Crippen LogP contribution in [0.4, 0.5) is 11.5 Å². The molecule has 0 saturated heterocycles. The van der Waals surface area contributed by atoms with Crippen molar-refractivity contribution in [1.29, 1.82) is 0 Å². The van der Waals surface area contributed by atoms with Gasteiger partial charge in [0.1, 0.15) is 11.8 Å². The molecule has 0 saturated carbocycles. The fraction of sp³-hybridized carbons (Fsp3) is 0.0714. The topological polar surface area (TPSA) is 86.6 Å². The maximum absolute atomic E-state index is 7.09. The van der Waals surface area contributed by atoms with Gasteiger partial charge in [-0.05, 0) is 17.7 Å². The van der Waals surface area contributed by atoms with Crippen LogP contribution in [0.2, 0.25) is 0 Å². The first-order chi connectivity index (χ1) is 9.70. The minimum Gasteiger partial charge on any atom is -0.399 e. The van der Waals surface area contributed by atoms with E-state index < -0.39 is 0 Å². The molecule has 3 rings (SSSR count). The molecule has 0 unspecified atom stereocenters. The molecule has 0 radical (unpaired) electrons. The quantitative estimate of drug-likeness (QED) is 0.547. The molecule has 1 aromatic carbocycles. The molecule has 0 atom stereocenters. The SMILES string of the molecule is [C-]#[N+]Cc1cn2ncnc(N)c2c1-c1ccc(N)cc1. The van der Waals surface area contributed by atoms with Gasteiger partial charge < -0.3 is 16.3 Å². The molecule has 4 N–H and O–H groups in total. The summed E-state index contributed by atoms with van der Waals surface area (Å²) in [5.41, 5.74) is 15.8. The van der Waals surface area contributed by atoms with Crippen LogP contribution in [0.15, 0.2) is 36.8 Å². The molecule has 6 nitrogen and oxygen atoms in total. The molecule has 0 bridgehead atoms. The molecule has 0 spiro atoms. The van der Waals surface area contributed by atoms with Crippen molar-refractivity contribution in [2.24, 2.45) is 0 Å². The summed E-state index contributed by atoms with van der Waals surface area (Å²) in [6.07, 6.45) is 3.22. The lowest BCUT2D eigenvalue weighted by Gasteiger charge is -2.04. The molecule has 3 aromatic rings. The Bertz CT molecular complexity index is 810. The fourth-order valence-electron chi connectivity index (χ4n) is 2.26. The third kappa shape index (κ3) is 1.82. The Morgan fingerprint density at radius 3 is 2.65 bits per heavy atom. The van der Waals surface area contributed by atoms with Crippen molar-refractivity contribution in [3.8, 4) is 11.1 Å². The van der Waals surface area contributed by atoms with Crippen molar-refractivity contribution in [1.82, 2.24) is 14.6 Å². The predicted octanol–water partition coefficient (Wildman–Crippen LogP) is 1.98. The first-order valence-electron chi connectivity index (χ1n) is 6.00. The van der Waals surface area contributed by atoms with E-state index in [2.05, 4.69) is 14.9 Å². The second-order valence-electron chi connectivity index (χ2n) is 4.41. The number of hydrogen-bond acceptors (Lipinski definition) is 4. The normalized spacial score (nSPS) is 10.6. The Balaban J connectivity index is 2.34. The zero-order chi connectivity index (χ0) is 14.1. The average Bonchev–Trinajstić information content (AvgIpc) is 2.80. The van der Waals surface area contributed by atoms with Crippen LogP contribution in [0, 0.1) is 6.57 Å². The van der Waals surface area contributed by atoms with E-state index in [-0.39, 0.29) is 6.54 Å². The smallest absolute Gasteiger partial charge is 0.241 e. The van der Waals surface area contributed by atoms with Crippen molar-refractivity contribution in [2.75, 3.05) is 11.5 Å².